The first-order valence-corrected chi connectivity index (χ1v) is 7.29. The van der Waals surface area contributed by atoms with Gasteiger partial charge >= 0.3 is 0 Å². The number of anilines is 2. The SMILES string of the molecule is Nc1ncccc1C(=O)c1ccnc(N2CCCNCC2)n1.[HH].[HH]. The molecule has 22 heavy (non-hydrogen) atoms. The summed E-state index contributed by atoms with van der Waals surface area (Å²) in [5, 5.41) is 3.33. The number of ketones is 1. The molecule has 3 N–H and O–H groups in total. The van der Waals surface area contributed by atoms with E-state index in [1.165, 1.54) is 0 Å². The van der Waals surface area contributed by atoms with E-state index in [-0.39, 0.29) is 14.5 Å². The molecule has 1 fully saturated rings. The molecule has 1 saturated heterocycles. The van der Waals surface area contributed by atoms with Crippen LogP contribution in [0.2, 0.25) is 0 Å². The van der Waals surface area contributed by atoms with Crippen LogP contribution in [-0.4, -0.2) is 46.9 Å². The van der Waals surface area contributed by atoms with Crippen LogP contribution in [0.5, 0.6) is 0 Å². The maximum atomic E-state index is 12.5. The highest BCUT2D eigenvalue weighted by Gasteiger charge is 2.17. The number of pyridine rings is 1. The van der Waals surface area contributed by atoms with Crippen LogP contribution < -0.4 is 16.0 Å². The van der Waals surface area contributed by atoms with E-state index in [0.29, 0.717) is 17.2 Å². The molecular weight excluding hydrogens is 280 g/mol. The average molecular weight is 302 g/mol. The van der Waals surface area contributed by atoms with Crippen LogP contribution in [0.25, 0.3) is 0 Å². The standard InChI is InChI=1S/C15H18N6O.2H2/c16-14-11(3-1-6-18-14)13(22)12-4-7-19-15(20-12)21-9-2-5-17-8-10-21;;/h1,3-4,6-7,17H,2,5,8-10H2,(H2,16,18);2*1H. The summed E-state index contributed by atoms with van der Waals surface area (Å²) in [5.74, 6) is 0.561. The molecule has 0 aromatic carbocycles. The van der Waals surface area contributed by atoms with Gasteiger partial charge in [-0.25, -0.2) is 15.0 Å². The Labute approximate surface area is 131 Å². The molecule has 7 heteroatoms. The van der Waals surface area contributed by atoms with Crippen LogP contribution in [0.3, 0.4) is 0 Å². The lowest BCUT2D eigenvalue weighted by Gasteiger charge is -2.19. The van der Waals surface area contributed by atoms with Gasteiger partial charge in [-0.2, -0.15) is 0 Å². The lowest BCUT2D eigenvalue weighted by molar-refractivity contribution is 0.103. The molecule has 0 aliphatic carbocycles. The van der Waals surface area contributed by atoms with Crippen LogP contribution in [0.1, 0.15) is 25.3 Å². The molecule has 7 nitrogen and oxygen atoms in total. The van der Waals surface area contributed by atoms with Gasteiger partial charge in [0.1, 0.15) is 11.5 Å². The molecule has 0 amide bonds. The Morgan fingerprint density at radius 2 is 2.14 bits per heavy atom. The number of carbonyl (C=O) groups excluding carboxylic acids is 1. The highest BCUT2D eigenvalue weighted by atomic mass is 16.1. The predicted octanol–water partition coefficient (Wildman–Crippen LogP) is 0.976. The number of hydrogen-bond acceptors (Lipinski definition) is 7. The van der Waals surface area contributed by atoms with Gasteiger partial charge in [0, 0.05) is 34.9 Å². The zero-order chi connectivity index (χ0) is 15.4. The minimum absolute atomic E-state index is 0. The summed E-state index contributed by atoms with van der Waals surface area (Å²) >= 11 is 0. The van der Waals surface area contributed by atoms with Crippen LogP contribution >= 0.6 is 0 Å². The van der Waals surface area contributed by atoms with E-state index in [1.54, 1.807) is 30.6 Å². The van der Waals surface area contributed by atoms with Crippen molar-refractivity contribution in [3.63, 3.8) is 0 Å². The molecule has 0 bridgehead atoms. The van der Waals surface area contributed by atoms with Crippen molar-refractivity contribution in [3.8, 4) is 0 Å². The van der Waals surface area contributed by atoms with E-state index in [2.05, 4.69) is 25.2 Å². The molecule has 0 atom stereocenters. The van der Waals surface area contributed by atoms with Crippen molar-refractivity contribution < 1.29 is 7.65 Å². The lowest BCUT2D eigenvalue weighted by Crippen LogP contribution is -2.29. The minimum Gasteiger partial charge on any atom is -0.383 e. The van der Waals surface area contributed by atoms with Gasteiger partial charge in [0.25, 0.3) is 0 Å². The molecule has 2 aromatic rings. The van der Waals surface area contributed by atoms with E-state index >= 15 is 0 Å². The molecule has 118 valence electrons. The van der Waals surface area contributed by atoms with E-state index in [9.17, 15) is 4.79 Å². The summed E-state index contributed by atoms with van der Waals surface area (Å²) in [4.78, 5) is 27.3. The molecule has 3 rings (SSSR count). The van der Waals surface area contributed by atoms with Crippen molar-refractivity contribution in [2.24, 2.45) is 0 Å². The number of nitrogen functional groups attached to an aromatic ring is 1. The monoisotopic (exact) mass is 302 g/mol. The van der Waals surface area contributed by atoms with Gasteiger partial charge in [-0.05, 0) is 31.2 Å². The third kappa shape index (κ3) is 3.04. The topological polar surface area (TPSA) is 97.0 Å². The maximum Gasteiger partial charge on any atom is 0.226 e. The molecule has 1 aliphatic heterocycles. The number of hydrogen-bond donors (Lipinski definition) is 2. The summed E-state index contributed by atoms with van der Waals surface area (Å²) in [6, 6.07) is 4.95. The second-order valence-corrected chi connectivity index (χ2v) is 5.10. The van der Waals surface area contributed by atoms with Gasteiger partial charge < -0.3 is 16.0 Å². The molecule has 3 heterocycles. The smallest absolute Gasteiger partial charge is 0.226 e. The quantitative estimate of drug-likeness (QED) is 0.815. The highest BCUT2D eigenvalue weighted by Crippen LogP contribution is 2.15. The van der Waals surface area contributed by atoms with Gasteiger partial charge in [-0.15, -0.1) is 0 Å². The molecule has 0 spiro atoms. The number of nitrogens with zero attached hydrogens (tertiary/aromatic N) is 4. The Hall–Kier alpha value is -2.54. The summed E-state index contributed by atoms with van der Waals surface area (Å²) in [5.41, 5.74) is 6.47. The maximum absolute atomic E-state index is 12.5. The fourth-order valence-electron chi connectivity index (χ4n) is 2.42. The van der Waals surface area contributed by atoms with E-state index in [0.717, 1.165) is 32.6 Å². The molecule has 0 unspecified atom stereocenters. The van der Waals surface area contributed by atoms with Crippen molar-refractivity contribution in [1.82, 2.24) is 20.3 Å². The first-order valence-electron chi connectivity index (χ1n) is 7.29. The van der Waals surface area contributed by atoms with Crippen LogP contribution in [0, 0.1) is 0 Å². The highest BCUT2D eigenvalue weighted by molar-refractivity contribution is 6.10. The largest absolute Gasteiger partial charge is 0.383 e. The first-order chi connectivity index (χ1) is 10.8. The van der Waals surface area contributed by atoms with Gasteiger partial charge in [0.2, 0.25) is 11.7 Å². The predicted molar refractivity (Wildman–Crippen MR) is 88.0 cm³/mol. The third-order valence-corrected chi connectivity index (χ3v) is 3.58. The van der Waals surface area contributed by atoms with Crippen molar-refractivity contribution in [2.75, 3.05) is 36.8 Å². The van der Waals surface area contributed by atoms with Crippen LogP contribution in [0.4, 0.5) is 11.8 Å². The zero-order valence-corrected chi connectivity index (χ0v) is 12.2. The van der Waals surface area contributed by atoms with Gasteiger partial charge in [0.15, 0.2) is 0 Å². The minimum atomic E-state index is -0.234. The summed E-state index contributed by atoms with van der Waals surface area (Å²) in [7, 11) is 0. The Bertz CT molecular complexity index is 677. The second kappa shape index (κ2) is 6.48. The van der Waals surface area contributed by atoms with Crippen molar-refractivity contribution in [1.29, 1.82) is 0 Å². The van der Waals surface area contributed by atoms with Gasteiger partial charge in [-0.3, -0.25) is 4.79 Å². The number of rotatable bonds is 3. The van der Waals surface area contributed by atoms with E-state index < -0.39 is 0 Å². The van der Waals surface area contributed by atoms with Crippen LogP contribution in [0.15, 0.2) is 30.6 Å². The van der Waals surface area contributed by atoms with E-state index in [1.807, 2.05) is 0 Å². The Morgan fingerprint density at radius 3 is 3.00 bits per heavy atom. The molecular formula is C15H22N6O. The summed E-state index contributed by atoms with van der Waals surface area (Å²) in [6.45, 7) is 3.57. The first kappa shape index (κ1) is 14.4. The summed E-state index contributed by atoms with van der Waals surface area (Å²) in [6.07, 6.45) is 4.19. The molecule has 0 radical (unpaired) electrons. The molecule has 0 saturated carbocycles. The number of aromatic nitrogens is 3. The fraction of sp³-hybridized carbons (Fsp3) is 0.333. The van der Waals surface area contributed by atoms with Crippen molar-refractivity contribution >= 4 is 17.5 Å². The van der Waals surface area contributed by atoms with Crippen LogP contribution in [-0.2, 0) is 0 Å². The fourth-order valence-corrected chi connectivity index (χ4v) is 2.42. The van der Waals surface area contributed by atoms with Crippen molar-refractivity contribution in [2.45, 2.75) is 6.42 Å². The Morgan fingerprint density at radius 1 is 1.23 bits per heavy atom. The number of nitrogens with two attached hydrogens (primary N) is 1. The number of carbonyl (C=O) groups is 1. The normalized spacial score (nSPS) is 15.4. The second-order valence-electron chi connectivity index (χ2n) is 5.10. The third-order valence-electron chi connectivity index (χ3n) is 3.58. The van der Waals surface area contributed by atoms with Gasteiger partial charge in [-0.1, -0.05) is 0 Å². The number of nitrogens with one attached hydrogen (secondary N) is 1. The van der Waals surface area contributed by atoms with Crippen molar-refractivity contribution in [3.05, 3.63) is 41.9 Å². The van der Waals surface area contributed by atoms with Gasteiger partial charge in [0.05, 0.1) is 5.56 Å². The lowest BCUT2D eigenvalue weighted by atomic mass is 10.1. The zero-order valence-electron chi connectivity index (χ0n) is 12.2. The summed E-state index contributed by atoms with van der Waals surface area (Å²) < 4.78 is 0. The Balaban J connectivity index is 0.00000144. The molecule has 1 aliphatic rings. The van der Waals surface area contributed by atoms with E-state index in [4.69, 9.17) is 5.73 Å². The average Bonchev–Trinajstić information content (AvgIpc) is 2.84. The Kier molecular flexibility index (Phi) is 4.24. The molecule has 2 aromatic heterocycles.